The van der Waals surface area contributed by atoms with Crippen LogP contribution in [0.25, 0.3) is 0 Å². The van der Waals surface area contributed by atoms with Crippen molar-refractivity contribution in [1.29, 1.82) is 0 Å². The summed E-state index contributed by atoms with van der Waals surface area (Å²) in [6, 6.07) is 6.29. The second-order valence-corrected chi connectivity index (χ2v) is 4.88. The molecule has 0 spiro atoms. The highest BCUT2D eigenvalue weighted by Crippen LogP contribution is 2.30. The summed E-state index contributed by atoms with van der Waals surface area (Å²) in [7, 11) is 0. The maximum atomic E-state index is 13.0. The summed E-state index contributed by atoms with van der Waals surface area (Å²) in [6.45, 7) is 0.947. The summed E-state index contributed by atoms with van der Waals surface area (Å²) < 4.78 is 13.0. The van der Waals surface area contributed by atoms with E-state index in [0.717, 1.165) is 24.8 Å². The smallest absolute Gasteiger partial charge is 0.223 e. The maximum absolute atomic E-state index is 13.0. The van der Waals surface area contributed by atoms with E-state index in [4.69, 9.17) is 5.73 Å². The number of carbonyl (C=O) groups is 1. The minimum absolute atomic E-state index is 0.0311. The molecule has 0 aromatic heterocycles. The summed E-state index contributed by atoms with van der Waals surface area (Å²) in [5, 5.41) is 2.87. The van der Waals surface area contributed by atoms with Crippen molar-refractivity contribution in [3.8, 4) is 0 Å². The molecule has 1 aromatic rings. The summed E-state index contributed by atoms with van der Waals surface area (Å²) in [5.41, 5.74) is 6.44. The Hall–Kier alpha value is -1.42. The predicted molar refractivity (Wildman–Crippen MR) is 68.1 cm³/mol. The van der Waals surface area contributed by atoms with Crippen LogP contribution < -0.4 is 11.1 Å². The zero-order valence-corrected chi connectivity index (χ0v) is 10.4. The normalized spacial score (nSPS) is 23.0. The molecule has 0 heterocycles. The molecular weight excluding hydrogens is 231 g/mol. The van der Waals surface area contributed by atoms with Crippen LogP contribution in [0.15, 0.2) is 24.3 Å². The number of carbonyl (C=O) groups excluding carboxylic acids is 1. The average molecular weight is 250 g/mol. The van der Waals surface area contributed by atoms with Gasteiger partial charge in [0.15, 0.2) is 0 Å². The van der Waals surface area contributed by atoms with Gasteiger partial charge in [-0.2, -0.15) is 0 Å². The topological polar surface area (TPSA) is 55.1 Å². The Morgan fingerprint density at radius 3 is 3.00 bits per heavy atom. The molecule has 0 bridgehead atoms. The summed E-state index contributed by atoms with van der Waals surface area (Å²) in [6.07, 6.45) is 3.02. The second-order valence-electron chi connectivity index (χ2n) is 4.88. The Morgan fingerprint density at radius 2 is 2.28 bits per heavy atom. The molecule has 0 saturated heterocycles. The van der Waals surface area contributed by atoms with Crippen LogP contribution in [-0.2, 0) is 11.3 Å². The molecule has 1 aliphatic carbocycles. The fourth-order valence-corrected chi connectivity index (χ4v) is 2.63. The predicted octanol–water partition coefficient (Wildman–Crippen LogP) is 1.82. The Bertz CT molecular complexity index is 422. The molecule has 0 unspecified atom stereocenters. The van der Waals surface area contributed by atoms with Gasteiger partial charge in [-0.1, -0.05) is 18.6 Å². The van der Waals surface area contributed by atoms with Gasteiger partial charge in [0, 0.05) is 12.5 Å². The van der Waals surface area contributed by atoms with E-state index < -0.39 is 0 Å². The lowest BCUT2D eigenvalue weighted by Crippen LogP contribution is -2.34. The standard InChI is InChI=1S/C14H19FN2O/c15-12-5-1-3-10(7-12)9-17-14(18)13-6-2-4-11(13)8-16/h1,3,5,7,11,13H,2,4,6,8-9,16H2,(H,17,18)/t11-,13-/m1/s1. The first kappa shape index (κ1) is 13.0. The van der Waals surface area contributed by atoms with E-state index >= 15 is 0 Å². The third-order valence-electron chi connectivity index (χ3n) is 3.65. The number of hydrogen-bond acceptors (Lipinski definition) is 2. The molecule has 2 rings (SSSR count). The summed E-state index contributed by atoms with van der Waals surface area (Å²) >= 11 is 0. The van der Waals surface area contributed by atoms with Crippen molar-refractivity contribution < 1.29 is 9.18 Å². The lowest BCUT2D eigenvalue weighted by molar-refractivity contribution is -0.126. The van der Waals surface area contributed by atoms with Crippen LogP contribution >= 0.6 is 0 Å². The molecule has 1 aliphatic rings. The highest BCUT2D eigenvalue weighted by Gasteiger charge is 2.31. The Labute approximate surface area is 107 Å². The van der Waals surface area contributed by atoms with E-state index in [0.29, 0.717) is 19.0 Å². The van der Waals surface area contributed by atoms with Crippen LogP contribution in [0, 0.1) is 17.7 Å². The minimum atomic E-state index is -0.276. The molecular formula is C14H19FN2O. The van der Waals surface area contributed by atoms with Gasteiger partial charge in [-0.05, 0) is 43.0 Å². The lowest BCUT2D eigenvalue weighted by atomic mass is 9.95. The molecule has 2 atom stereocenters. The van der Waals surface area contributed by atoms with Gasteiger partial charge in [-0.15, -0.1) is 0 Å². The molecule has 4 heteroatoms. The maximum Gasteiger partial charge on any atom is 0.223 e. The van der Waals surface area contributed by atoms with Gasteiger partial charge in [0.2, 0.25) is 5.91 Å². The van der Waals surface area contributed by atoms with Crippen molar-refractivity contribution in [1.82, 2.24) is 5.32 Å². The van der Waals surface area contributed by atoms with Crippen LogP contribution in [0.1, 0.15) is 24.8 Å². The Morgan fingerprint density at radius 1 is 1.44 bits per heavy atom. The third-order valence-corrected chi connectivity index (χ3v) is 3.65. The molecule has 1 fully saturated rings. The number of benzene rings is 1. The van der Waals surface area contributed by atoms with Crippen molar-refractivity contribution in [3.63, 3.8) is 0 Å². The van der Waals surface area contributed by atoms with Crippen LogP contribution in [0.5, 0.6) is 0 Å². The quantitative estimate of drug-likeness (QED) is 0.856. The zero-order valence-electron chi connectivity index (χ0n) is 10.4. The van der Waals surface area contributed by atoms with Crippen molar-refractivity contribution in [2.75, 3.05) is 6.54 Å². The zero-order chi connectivity index (χ0) is 13.0. The highest BCUT2D eigenvalue weighted by atomic mass is 19.1. The van der Waals surface area contributed by atoms with Crippen molar-refractivity contribution in [2.45, 2.75) is 25.8 Å². The van der Waals surface area contributed by atoms with Gasteiger partial charge in [-0.25, -0.2) is 4.39 Å². The Kier molecular flexibility index (Phi) is 4.31. The first-order chi connectivity index (χ1) is 8.70. The van der Waals surface area contributed by atoms with Gasteiger partial charge in [0.05, 0.1) is 0 Å². The molecule has 3 nitrogen and oxygen atoms in total. The Balaban J connectivity index is 1.88. The van der Waals surface area contributed by atoms with Gasteiger partial charge in [0.1, 0.15) is 5.82 Å². The number of nitrogens with one attached hydrogen (secondary N) is 1. The fourth-order valence-electron chi connectivity index (χ4n) is 2.63. The van der Waals surface area contributed by atoms with E-state index in [1.54, 1.807) is 12.1 Å². The SMILES string of the molecule is NC[C@H]1CCC[C@H]1C(=O)NCc1cccc(F)c1. The van der Waals surface area contributed by atoms with Gasteiger partial charge in [-0.3, -0.25) is 4.79 Å². The van der Waals surface area contributed by atoms with Gasteiger partial charge < -0.3 is 11.1 Å². The van der Waals surface area contributed by atoms with E-state index in [-0.39, 0.29) is 17.6 Å². The number of hydrogen-bond donors (Lipinski definition) is 2. The number of nitrogens with two attached hydrogens (primary N) is 1. The largest absolute Gasteiger partial charge is 0.352 e. The van der Waals surface area contributed by atoms with E-state index in [2.05, 4.69) is 5.32 Å². The number of halogens is 1. The molecule has 1 aromatic carbocycles. The summed E-state index contributed by atoms with van der Waals surface area (Å²) in [5.74, 6) is 0.107. The lowest BCUT2D eigenvalue weighted by Gasteiger charge is -2.17. The minimum Gasteiger partial charge on any atom is -0.352 e. The van der Waals surface area contributed by atoms with Crippen LogP contribution in [0.3, 0.4) is 0 Å². The number of amides is 1. The van der Waals surface area contributed by atoms with Crippen LogP contribution in [-0.4, -0.2) is 12.5 Å². The molecule has 18 heavy (non-hydrogen) atoms. The molecule has 3 N–H and O–H groups in total. The monoisotopic (exact) mass is 250 g/mol. The number of rotatable bonds is 4. The van der Waals surface area contributed by atoms with E-state index in [1.165, 1.54) is 12.1 Å². The van der Waals surface area contributed by atoms with Crippen molar-refractivity contribution >= 4 is 5.91 Å². The molecule has 0 radical (unpaired) electrons. The fraction of sp³-hybridized carbons (Fsp3) is 0.500. The molecule has 0 aliphatic heterocycles. The van der Waals surface area contributed by atoms with Crippen LogP contribution in [0.4, 0.5) is 4.39 Å². The molecule has 1 amide bonds. The van der Waals surface area contributed by atoms with Gasteiger partial charge in [0.25, 0.3) is 0 Å². The molecule has 98 valence electrons. The highest BCUT2D eigenvalue weighted by molar-refractivity contribution is 5.79. The van der Waals surface area contributed by atoms with E-state index in [1.807, 2.05) is 0 Å². The van der Waals surface area contributed by atoms with Crippen LogP contribution in [0.2, 0.25) is 0 Å². The third kappa shape index (κ3) is 3.07. The van der Waals surface area contributed by atoms with Gasteiger partial charge >= 0.3 is 0 Å². The average Bonchev–Trinajstić information content (AvgIpc) is 2.84. The van der Waals surface area contributed by atoms with Crippen molar-refractivity contribution in [2.24, 2.45) is 17.6 Å². The first-order valence-corrected chi connectivity index (χ1v) is 6.43. The van der Waals surface area contributed by atoms with Crippen molar-refractivity contribution in [3.05, 3.63) is 35.6 Å². The second kappa shape index (κ2) is 5.96. The summed E-state index contributed by atoms with van der Waals surface area (Å²) in [4.78, 5) is 12.0. The first-order valence-electron chi connectivity index (χ1n) is 6.43. The van der Waals surface area contributed by atoms with E-state index in [9.17, 15) is 9.18 Å². The molecule has 1 saturated carbocycles.